The van der Waals surface area contributed by atoms with Crippen molar-refractivity contribution in [2.24, 2.45) is 5.73 Å². The Labute approximate surface area is 150 Å². The van der Waals surface area contributed by atoms with Gasteiger partial charge in [-0.3, -0.25) is 0 Å². The predicted octanol–water partition coefficient (Wildman–Crippen LogP) is 4.63. The fourth-order valence-electron chi connectivity index (χ4n) is 2.91. The van der Waals surface area contributed by atoms with Crippen LogP contribution in [0.2, 0.25) is 0 Å². The maximum absolute atomic E-state index is 12.8. The fraction of sp³-hybridized carbons (Fsp3) is 0.235. The number of anilines is 2. The molecule has 1 heterocycles. The minimum Gasteiger partial charge on any atom is -0.444 e. The van der Waals surface area contributed by atoms with E-state index in [1.54, 1.807) is 0 Å². The van der Waals surface area contributed by atoms with Crippen molar-refractivity contribution in [2.75, 3.05) is 11.4 Å². The summed E-state index contributed by atoms with van der Waals surface area (Å²) < 4.78 is 44.3. The van der Waals surface area contributed by atoms with E-state index < -0.39 is 23.9 Å². The van der Waals surface area contributed by atoms with Gasteiger partial charge in [0.1, 0.15) is 6.10 Å². The predicted molar refractivity (Wildman–Crippen MR) is 90.8 cm³/mol. The maximum Gasteiger partial charge on any atom is 0.416 e. The number of primary amides is 1. The second-order valence-corrected chi connectivity index (χ2v) is 6.61. The third-order valence-corrected chi connectivity index (χ3v) is 4.45. The Bertz CT molecular complexity index is 793. The highest BCUT2D eigenvalue weighted by atomic mass is 79.9. The van der Waals surface area contributed by atoms with E-state index in [9.17, 15) is 18.0 Å². The lowest BCUT2D eigenvalue weighted by atomic mass is 9.98. The first-order chi connectivity index (χ1) is 11.7. The summed E-state index contributed by atoms with van der Waals surface area (Å²) in [4.78, 5) is 12.9. The summed E-state index contributed by atoms with van der Waals surface area (Å²) in [5.74, 6) is 0. The highest BCUT2D eigenvalue weighted by molar-refractivity contribution is 9.10. The number of hydrogen-bond donors (Lipinski definition) is 1. The summed E-state index contributed by atoms with van der Waals surface area (Å²) in [5, 5.41) is 0. The molecule has 2 N–H and O–H groups in total. The van der Waals surface area contributed by atoms with Gasteiger partial charge in [-0.1, -0.05) is 15.9 Å². The number of amides is 1. The van der Waals surface area contributed by atoms with Crippen molar-refractivity contribution < 1.29 is 22.7 Å². The van der Waals surface area contributed by atoms with Gasteiger partial charge in [-0.2, -0.15) is 13.2 Å². The lowest BCUT2D eigenvalue weighted by Crippen LogP contribution is -2.39. The van der Waals surface area contributed by atoms with Crippen LogP contribution < -0.4 is 10.6 Å². The third kappa shape index (κ3) is 3.89. The van der Waals surface area contributed by atoms with E-state index in [4.69, 9.17) is 10.5 Å². The van der Waals surface area contributed by atoms with Crippen molar-refractivity contribution in [3.63, 3.8) is 0 Å². The summed E-state index contributed by atoms with van der Waals surface area (Å²) >= 11 is 3.39. The Morgan fingerprint density at radius 3 is 2.48 bits per heavy atom. The highest BCUT2D eigenvalue weighted by Gasteiger charge is 2.31. The van der Waals surface area contributed by atoms with Gasteiger partial charge in [0.05, 0.1) is 12.1 Å². The van der Waals surface area contributed by atoms with E-state index in [0.29, 0.717) is 18.7 Å². The number of nitrogens with zero attached hydrogens (tertiary/aromatic N) is 1. The molecule has 1 aliphatic rings. The van der Waals surface area contributed by atoms with E-state index in [0.717, 1.165) is 27.9 Å². The largest absolute Gasteiger partial charge is 0.444 e. The number of hydrogen-bond acceptors (Lipinski definition) is 3. The van der Waals surface area contributed by atoms with Gasteiger partial charge >= 0.3 is 12.3 Å². The second-order valence-electron chi connectivity index (χ2n) is 5.69. The van der Waals surface area contributed by atoms with E-state index in [-0.39, 0.29) is 0 Å². The molecular weight excluding hydrogens is 401 g/mol. The lowest BCUT2D eigenvalue weighted by Gasteiger charge is -2.35. The fourth-order valence-corrected chi connectivity index (χ4v) is 3.32. The van der Waals surface area contributed by atoms with Gasteiger partial charge in [0.2, 0.25) is 0 Å². The van der Waals surface area contributed by atoms with Crippen molar-refractivity contribution >= 4 is 33.4 Å². The summed E-state index contributed by atoms with van der Waals surface area (Å²) in [5.41, 5.74) is 6.74. The number of carbonyl (C=O) groups excluding carboxylic acids is 1. The number of alkyl halides is 3. The van der Waals surface area contributed by atoms with Gasteiger partial charge in [-0.25, -0.2) is 4.79 Å². The minimum absolute atomic E-state index is 0.308. The standard InChI is InChI=1S/C17H14BrF3N2O2/c18-12-3-6-15-10(7-12)8-14(25-16(22)24)9-23(15)13-4-1-11(2-5-13)17(19,20)21/h1-7,14H,8-9H2,(H2,22,24). The number of benzene rings is 2. The normalized spacial score (nSPS) is 17.1. The van der Waals surface area contributed by atoms with Gasteiger partial charge in [0.15, 0.2) is 0 Å². The van der Waals surface area contributed by atoms with Crippen molar-refractivity contribution in [3.05, 3.63) is 58.1 Å². The van der Waals surface area contributed by atoms with Crippen LogP contribution in [0.5, 0.6) is 0 Å². The monoisotopic (exact) mass is 414 g/mol. The summed E-state index contributed by atoms with van der Waals surface area (Å²) in [7, 11) is 0. The zero-order chi connectivity index (χ0) is 18.2. The molecule has 0 aromatic heterocycles. The van der Waals surface area contributed by atoms with Crippen LogP contribution in [-0.4, -0.2) is 18.7 Å². The molecule has 4 nitrogen and oxygen atoms in total. The van der Waals surface area contributed by atoms with Crippen LogP contribution in [0.3, 0.4) is 0 Å². The van der Waals surface area contributed by atoms with Crippen LogP contribution in [0.1, 0.15) is 11.1 Å². The Morgan fingerprint density at radius 1 is 1.20 bits per heavy atom. The Morgan fingerprint density at radius 2 is 1.88 bits per heavy atom. The Hall–Kier alpha value is -2.22. The first kappa shape index (κ1) is 17.6. The number of rotatable bonds is 2. The molecule has 1 aliphatic heterocycles. The van der Waals surface area contributed by atoms with E-state index >= 15 is 0 Å². The molecule has 0 radical (unpaired) electrons. The van der Waals surface area contributed by atoms with Crippen LogP contribution >= 0.6 is 15.9 Å². The molecule has 1 amide bonds. The van der Waals surface area contributed by atoms with Gasteiger partial charge < -0.3 is 15.4 Å². The zero-order valence-corrected chi connectivity index (χ0v) is 14.5. The molecule has 132 valence electrons. The molecule has 1 atom stereocenters. The first-order valence-electron chi connectivity index (χ1n) is 7.43. The van der Waals surface area contributed by atoms with Crippen LogP contribution in [0.25, 0.3) is 0 Å². The summed E-state index contributed by atoms with van der Waals surface area (Å²) in [6, 6.07) is 10.5. The molecule has 2 aromatic carbocycles. The lowest BCUT2D eigenvalue weighted by molar-refractivity contribution is -0.137. The van der Waals surface area contributed by atoms with Crippen LogP contribution in [0.15, 0.2) is 46.9 Å². The van der Waals surface area contributed by atoms with E-state index in [2.05, 4.69) is 15.9 Å². The van der Waals surface area contributed by atoms with Crippen LogP contribution in [0.4, 0.5) is 29.3 Å². The molecule has 2 aromatic rings. The van der Waals surface area contributed by atoms with Crippen molar-refractivity contribution in [1.29, 1.82) is 0 Å². The smallest absolute Gasteiger partial charge is 0.416 e. The summed E-state index contributed by atoms with van der Waals surface area (Å²) in [6.45, 7) is 0.308. The molecule has 0 aliphatic carbocycles. The third-order valence-electron chi connectivity index (χ3n) is 3.96. The van der Waals surface area contributed by atoms with Crippen molar-refractivity contribution in [2.45, 2.75) is 18.7 Å². The molecule has 0 spiro atoms. The number of fused-ring (bicyclic) bond motifs is 1. The molecular formula is C17H14BrF3N2O2. The number of carbonyl (C=O) groups is 1. The van der Waals surface area contributed by atoms with Crippen LogP contribution in [0, 0.1) is 0 Å². The molecule has 0 saturated carbocycles. The van der Waals surface area contributed by atoms with Gasteiger partial charge in [-0.15, -0.1) is 0 Å². The SMILES string of the molecule is NC(=O)OC1Cc2cc(Br)ccc2N(c2ccc(C(F)(F)F)cc2)C1. The average Bonchev–Trinajstić information content (AvgIpc) is 2.52. The first-order valence-corrected chi connectivity index (χ1v) is 8.22. The molecule has 25 heavy (non-hydrogen) atoms. The Kier molecular flexibility index (Phi) is 4.64. The molecule has 1 unspecified atom stereocenters. The van der Waals surface area contributed by atoms with Gasteiger partial charge in [-0.05, 0) is 48.0 Å². The number of nitrogens with two attached hydrogens (primary N) is 1. The van der Waals surface area contributed by atoms with Crippen LogP contribution in [-0.2, 0) is 17.3 Å². The molecule has 0 fully saturated rings. The van der Waals surface area contributed by atoms with Gasteiger partial charge in [0, 0.05) is 22.3 Å². The second kappa shape index (κ2) is 6.59. The molecule has 3 rings (SSSR count). The quantitative estimate of drug-likeness (QED) is 0.779. The number of ether oxygens (including phenoxy) is 1. The van der Waals surface area contributed by atoms with Crippen molar-refractivity contribution in [3.8, 4) is 0 Å². The molecule has 8 heteroatoms. The van der Waals surface area contributed by atoms with E-state index in [1.807, 2.05) is 23.1 Å². The van der Waals surface area contributed by atoms with Gasteiger partial charge in [0.25, 0.3) is 0 Å². The van der Waals surface area contributed by atoms with E-state index in [1.165, 1.54) is 12.1 Å². The van der Waals surface area contributed by atoms with Crippen molar-refractivity contribution in [1.82, 2.24) is 0 Å². The average molecular weight is 415 g/mol. The zero-order valence-electron chi connectivity index (χ0n) is 12.9. The number of halogens is 4. The topological polar surface area (TPSA) is 55.6 Å². The summed E-state index contributed by atoms with van der Waals surface area (Å²) in [6.07, 6.45) is -5.27. The minimum atomic E-state index is -4.39. The Balaban J connectivity index is 1.97. The molecule has 0 bridgehead atoms. The maximum atomic E-state index is 12.8. The highest BCUT2D eigenvalue weighted by Crippen LogP contribution is 2.37. The molecule has 0 saturated heterocycles.